The minimum atomic E-state index is 0.557. The van der Waals surface area contributed by atoms with E-state index in [1.807, 2.05) is 11.7 Å². The lowest BCUT2D eigenvalue weighted by Gasteiger charge is -2.26. The molecular formula is C11H20N4O. The van der Waals surface area contributed by atoms with Crippen LogP contribution in [0, 0.1) is 0 Å². The van der Waals surface area contributed by atoms with Crippen LogP contribution in [0.4, 0.5) is 0 Å². The molecule has 90 valence electrons. The lowest BCUT2D eigenvalue weighted by molar-refractivity contribution is 0.0383. The minimum absolute atomic E-state index is 0.557. The van der Waals surface area contributed by atoms with Crippen LogP contribution >= 0.6 is 0 Å². The molecule has 0 spiro atoms. The second-order valence-electron chi connectivity index (χ2n) is 4.16. The number of hydrogen-bond acceptors (Lipinski definition) is 4. The van der Waals surface area contributed by atoms with E-state index in [1.165, 1.54) is 0 Å². The van der Waals surface area contributed by atoms with Crippen molar-refractivity contribution >= 4 is 0 Å². The van der Waals surface area contributed by atoms with Crippen LogP contribution < -0.4 is 5.73 Å². The lowest BCUT2D eigenvalue weighted by atomic mass is 10.2. The fraction of sp³-hybridized carbons (Fsp3) is 0.727. The molecule has 0 saturated carbocycles. The molecule has 0 amide bonds. The van der Waals surface area contributed by atoms with Gasteiger partial charge in [-0.05, 0) is 6.07 Å². The Morgan fingerprint density at radius 3 is 2.81 bits per heavy atom. The third-order valence-corrected chi connectivity index (χ3v) is 3.02. The Labute approximate surface area is 96.2 Å². The van der Waals surface area contributed by atoms with Crippen molar-refractivity contribution in [1.29, 1.82) is 0 Å². The number of aromatic nitrogens is 2. The number of nitrogens with two attached hydrogens (primary N) is 1. The maximum Gasteiger partial charge on any atom is 0.0640 e. The molecule has 16 heavy (non-hydrogen) atoms. The van der Waals surface area contributed by atoms with E-state index in [0.717, 1.165) is 50.7 Å². The van der Waals surface area contributed by atoms with Gasteiger partial charge >= 0.3 is 0 Å². The highest BCUT2D eigenvalue weighted by molar-refractivity contribution is 5.10. The standard InChI is InChI=1S/C11H20N4O/c1-14-11(9-12)8-10(13-14)2-3-15-4-6-16-7-5-15/h8H,2-7,9,12H2,1H3. The summed E-state index contributed by atoms with van der Waals surface area (Å²) in [5, 5.41) is 4.44. The second-order valence-corrected chi connectivity index (χ2v) is 4.16. The number of nitrogens with zero attached hydrogens (tertiary/aromatic N) is 3. The number of rotatable bonds is 4. The van der Waals surface area contributed by atoms with Crippen molar-refractivity contribution in [3.05, 3.63) is 17.5 Å². The fourth-order valence-corrected chi connectivity index (χ4v) is 1.98. The lowest BCUT2D eigenvalue weighted by Crippen LogP contribution is -2.37. The molecular weight excluding hydrogens is 204 g/mol. The summed E-state index contributed by atoms with van der Waals surface area (Å²) in [5.41, 5.74) is 7.84. The van der Waals surface area contributed by atoms with Gasteiger partial charge in [0.15, 0.2) is 0 Å². The van der Waals surface area contributed by atoms with Crippen molar-refractivity contribution in [3.63, 3.8) is 0 Å². The van der Waals surface area contributed by atoms with E-state index in [9.17, 15) is 0 Å². The molecule has 5 heteroatoms. The van der Waals surface area contributed by atoms with Crippen molar-refractivity contribution in [2.45, 2.75) is 13.0 Å². The molecule has 0 aliphatic carbocycles. The van der Waals surface area contributed by atoms with Gasteiger partial charge in [0, 0.05) is 39.6 Å². The zero-order valence-corrected chi connectivity index (χ0v) is 9.85. The summed E-state index contributed by atoms with van der Waals surface area (Å²) in [7, 11) is 1.94. The normalized spacial score (nSPS) is 17.9. The van der Waals surface area contributed by atoms with Crippen molar-refractivity contribution in [3.8, 4) is 0 Å². The second kappa shape index (κ2) is 5.43. The van der Waals surface area contributed by atoms with Crippen LogP contribution in [0.2, 0.25) is 0 Å². The number of morpholine rings is 1. The Morgan fingerprint density at radius 1 is 1.44 bits per heavy atom. The molecule has 0 atom stereocenters. The topological polar surface area (TPSA) is 56.3 Å². The Bertz CT molecular complexity index is 331. The van der Waals surface area contributed by atoms with Gasteiger partial charge < -0.3 is 10.5 Å². The molecule has 2 heterocycles. The number of hydrogen-bond donors (Lipinski definition) is 1. The third-order valence-electron chi connectivity index (χ3n) is 3.02. The van der Waals surface area contributed by atoms with E-state index >= 15 is 0 Å². The average Bonchev–Trinajstić information content (AvgIpc) is 2.69. The first-order chi connectivity index (χ1) is 7.79. The maximum atomic E-state index is 5.62. The van der Waals surface area contributed by atoms with Gasteiger partial charge in [0.2, 0.25) is 0 Å². The number of aryl methyl sites for hydroxylation is 1. The third kappa shape index (κ3) is 2.81. The first-order valence-corrected chi connectivity index (χ1v) is 5.81. The van der Waals surface area contributed by atoms with Gasteiger partial charge in [0.25, 0.3) is 0 Å². The molecule has 1 saturated heterocycles. The van der Waals surface area contributed by atoms with E-state index in [-0.39, 0.29) is 0 Å². The zero-order chi connectivity index (χ0) is 11.4. The van der Waals surface area contributed by atoms with Gasteiger partial charge in [-0.3, -0.25) is 9.58 Å². The first-order valence-electron chi connectivity index (χ1n) is 5.81. The highest BCUT2D eigenvalue weighted by Gasteiger charge is 2.11. The van der Waals surface area contributed by atoms with Gasteiger partial charge in [0.05, 0.1) is 24.6 Å². The molecule has 1 aromatic rings. The highest BCUT2D eigenvalue weighted by Crippen LogP contribution is 2.05. The van der Waals surface area contributed by atoms with Gasteiger partial charge in [0.1, 0.15) is 0 Å². The Balaban J connectivity index is 1.83. The largest absolute Gasteiger partial charge is 0.379 e. The van der Waals surface area contributed by atoms with E-state index in [0.29, 0.717) is 6.54 Å². The Hall–Kier alpha value is -0.910. The average molecular weight is 224 g/mol. The summed E-state index contributed by atoms with van der Waals surface area (Å²) in [4.78, 5) is 2.42. The molecule has 1 aromatic heterocycles. The SMILES string of the molecule is Cn1nc(CCN2CCOCC2)cc1CN. The predicted molar refractivity (Wildman–Crippen MR) is 62.1 cm³/mol. The van der Waals surface area contributed by atoms with Crippen LogP contribution in [0.1, 0.15) is 11.4 Å². The smallest absolute Gasteiger partial charge is 0.0640 e. The molecule has 1 fully saturated rings. The van der Waals surface area contributed by atoms with Gasteiger partial charge in [-0.1, -0.05) is 0 Å². The molecule has 2 N–H and O–H groups in total. The van der Waals surface area contributed by atoms with Gasteiger partial charge in [-0.25, -0.2) is 0 Å². The van der Waals surface area contributed by atoms with Crippen molar-refractivity contribution in [2.24, 2.45) is 12.8 Å². The van der Waals surface area contributed by atoms with E-state index in [1.54, 1.807) is 0 Å². The van der Waals surface area contributed by atoms with E-state index < -0.39 is 0 Å². The monoisotopic (exact) mass is 224 g/mol. The first kappa shape index (κ1) is 11.6. The van der Waals surface area contributed by atoms with Crippen LogP contribution in [0.3, 0.4) is 0 Å². The van der Waals surface area contributed by atoms with E-state index in [4.69, 9.17) is 10.5 Å². The highest BCUT2D eigenvalue weighted by atomic mass is 16.5. The zero-order valence-electron chi connectivity index (χ0n) is 9.85. The Kier molecular flexibility index (Phi) is 3.93. The summed E-state index contributed by atoms with van der Waals surface area (Å²) in [6.45, 7) is 5.41. The van der Waals surface area contributed by atoms with Gasteiger partial charge in [-0.2, -0.15) is 5.10 Å². The minimum Gasteiger partial charge on any atom is -0.379 e. The molecule has 0 radical (unpaired) electrons. The van der Waals surface area contributed by atoms with Crippen LogP contribution in [-0.4, -0.2) is 47.5 Å². The molecule has 2 rings (SSSR count). The molecule has 5 nitrogen and oxygen atoms in total. The van der Waals surface area contributed by atoms with Crippen molar-refractivity contribution in [2.75, 3.05) is 32.8 Å². The molecule has 0 bridgehead atoms. The van der Waals surface area contributed by atoms with Crippen LogP contribution in [0.25, 0.3) is 0 Å². The van der Waals surface area contributed by atoms with Crippen molar-refractivity contribution in [1.82, 2.24) is 14.7 Å². The van der Waals surface area contributed by atoms with Gasteiger partial charge in [-0.15, -0.1) is 0 Å². The predicted octanol–water partition coefficient (Wildman–Crippen LogP) is -0.246. The summed E-state index contributed by atoms with van der Waals surface area (Å²) in [6.07, 6.45) is 0.994. The summed E-state index contributed by atoms with van der Waals surface area (Å²) in [6, 6.07) is 2.10. The fourth-order valence-electron chi connectivity index (χ4n) is 1.98. The molecule has 1 aliphatic heterocycles. The Morgan fingerprint density at radius 2 is 2.19 bits per heavy atom. The van der Waals surface area contributed by atoms with Crippen LogP contribution in [0.15, 0.2) is 6.07 Å². The van der Waals surface area contributed by atoms with Crippen LogP contribution in [0.5, 0.6) is 0 Å². The van der Waals surface area contributed by atoms with Crippen LogP contribution in [-0.2, 0) is 24.8 Å². The summed E-state index contributed by atoms with van der Waals surface area (Å²) >= 11 is 0. The quantitative estimate of drug-likeness (QED) is 0.766. The summed E-state index contributed by atoms with van der Waals surface area (Å²) in [5.74, 6) is 0. The number of ether oxygens (including phenoxy) is 1. The van der Waals surface area contributed by atoms with Crippen molar-refractivity contribution < 1.29 is 4.74 Å². The molecule has 0 unspecified atom stereocenters. The van der Waals surface area contributed by atoms with E-state index in [2.05, 4.69) is 16.1 Å². The molecule has 1 aliphatic rings. The summed E-state index contributed by atoms with van der Waals surface area (Å²) < 4.78 is 7.18. The molecule has 0 aromatic carbocycles. The maximum absolute atomic E-state index is 5.62.